The second kappa shape index (κ2) is 8.72. The van der Waals surface area contributed by atoms with Gasteiger partial charge in [-0.25, -0.2) is 8.78 Å². The van der Waals surface area contributed by atoms with Crippen LogP contribution < -0.4 is 0 Å². The molecule has 0 fully saturated rings. The van der Waals surface area contributed by atoms with Crippen LogP contribution in [0.2, 0.25) is 0 Å². The predicted octanol–water partition coefficient (Wildman–Crippen LogP) is 3.89. The van der Waals surface area contributed by atoms with E-state index in [1.165, 1.54) is 11.8 Å². The maximum Gasteiger partial charge on any atom is 0.316 e. The van der Waals surface area contributed by atoms with E-state index in [1.54, 1.807) is 20.8 Å². The van der Waals surface area contributed by atoms with Crippen LogP contribution in [-0.4, -0.2) is 29.5 Å². The molecule has 0 radical (unpaired) electrons. The molecule has 2 nitrogen and oxygen atoms in total. The smallest absolute Gasteiger partial charge is 0.316 e. The molecule has 5 heteroatoms. The highest BCUT2D eigenvalue weighted by atomic mass is 32.2. The van der Waals surface area contributed by atoms with Gasteiger partial charge in [-0.05, 0) is 26.0 Å². The highest BCUT2D eigenvalue weighted by molar-refractivity contribution is 7.99. The molecule has 0 heterocycles. The van der Waals surface area contributed by atoms with Crippen LogP contribution in [0, 0.1) is 0 Å². The Hall–Kier alpha value is -0.320. The third-order valence-corrected chi connectivity index (χ3v) is 3.05. The Morgan fingerprint density at radius 3 is 2.53 bits per heavy atom. The zero-order valence-electron chi connectivity index (χ0n) is 10.8. The van der Waals surface area contributed by atoms with Crippen molar-refractivity contribution < 1.29 is 18.3 Å². The average molecular weight is 268 g/mol. The molecular formula is C12H22F2O2S. The van der Waals surface area contributed by atoms with Crippen LogP contribution in [0.4, 0.5) is 8.78 Å². The van der Waals surface area contributed by atoms with Crippen molar-refractivity contribution in [1.82, 2.24) is 0 Å². The number of esters is 1. The Labute approximate surface area is 106 Å². The van der Waals surface area contributed by atoms with Crippen molar-refractivity contribution in [1.29, 1.82) is 0 Å². The second-order valence-electron chi connectivity index (χ2n) is 4.30. The van der Waals surface area contributed by atoms with E-state index in [0.29, 0.717) is 18.6 Å². The summed E-state index contributed by atoms with van der Waals surface area (Å²) in [7, 11) is 0. The fourth-order valence-electron chi connectivity index (χ4n) is 1.38. The van der Waals surface area contributed by atoms with Crippen LogP contribution >= 0.6 is 11.8 Å². The summed E-state index contributed by atoms with van der Waals surface area (Å²) in [5.74, 6) is -2.00. The summed E-state index contributed by atoms with van der Waals surface area (Å²) in [5.41, 5.74) is 0. The molecule has 17 heavy (non-hydrogen) atoms. The van der Waals surface area contributed by atoms with E-state index >= 15 is 0 Å². The first kappa shape index (κ1) is 16.7. The van der Waals surface area contributed by atoms with Gasteiger partial charge >= 0.3 is 5.97 Å². The van der Waals surface area contributed by atoms with Gasteiger partial charge in [0.15, 0.2) is 0 Å². The summed E-state index contributed by atoms with van der Waals surface area (Å²) in [5, 5.41) is 0. The molecule has 0 saturated heterocycles. The number of hydrogen-bond acceptors (Lipinski definition) is 3. The fraction of sp³-hybridized carbons (Fsp3) is 0.917. The lowest BCUT2D eigenvalue weighted by atomic mass is 10.1. The molecule has 102 valence electrons. The van der Waals surface area contributed by atoms with Crippen molar-refractivity contribution >= 4 is 17.7 Å². The normalized spacial score (nSPS) is 11.9. The van der Waals surface area contributed by atoms with Crippen molar-refractivity contribution in [3.05, 3.63) is 0 Å². The molecule has 0 aliphatic heterocycles. The molecule has 0 aromatic heterocycles. The summed E-state index contributed by atoms with van der Waals surface area (Å²) in [4.78, 5) is 11.1. The first-order chi connectivity index (χ1) is 7.87. The molecule has 0 aliphatic carbocycles. The van der Waals surface area contributed by atoms with Crippen LogP contribution in [0.5, 0.6) is 0 Å². The lowest BCUT2D eigenvalue weighted by Crippen LogP contribution is -2.16. The van der Waals surface area contributed by atoms with Gasteiger partial charge < -0.3 is 4.74 Å². The van der Waals surface area contributed by atoms with Crippen molar-refractivity contribution in [3.8, 4) is 0 Å². The van der Waals surface area contributed by atoms with Crippen LogP contribution in [0.25, 0.3) is 0 Å². The average Bonchev–Trinajstić information content (AvgIpc) is 2.15. The van der Waals surface area contributed by atoms with Gasteiger partial charge in [-0.3, -0.25) is 4.79 Å². The number of thioether (sulfide) groups is 1. The molecule has 0 aromatic carbocycles. The fourth-order valence-corrected chi connectivity index (χ4v) is 2.10. The minimum atomic E-state index is -2.55. The number of rotatable bonds is 9. The van der Waals surface area contributed by atoms with Gasteiger partial charge in [-0.15, -0.1) is 0 Å². The molecule has 0 aromatic rings. The SMILES string of the molecule is CCCC(F)(F)CCCSCC(=O)OC(C)C. The highest BCUT2D eigenvalue weighted by Gasteiger charge is 2.26. The molecule has 0 bridgehead atoms. The van der Waals surface area contributed by atoms with Crippen LogP contribution in [0.15, 0.2) is 0 Å². The monoisotopic (exact) mass is 268 g/mol. The standard InChI is InChI=1S/C12H22F2O2S/c1-4-6-12(13,14)7-5-8-17-9-11(15)16-10(2)3/h10H,4-9H2,1-3H3. The van der Waals surface area contributed by atoms with Crippen molar-refractivity contribution in [2.45, 2.75) is 58.5 Å². The van der Waals surface area contributed by atoms with E-state index in [2.05, 4.69) is 0 Å². The minimum Gasteiger partial charge on any atom is -0.462 e. The third-order valence-electron chi connectivity index (χ3n) is 2.03. The summed E-state index contributed by atoms with van der Waals surface area (Å²) >= 11 is 1.35. The van der Waals surface area contributed by atoms with Gasteiger partial charge in [-0.2, -0.15) is 11.8 Å². The number of hydrogen-bond donors (Lipinski definition) is 0. The van der Waals surface area contributed by atoms with Crippen molar-refractivity contribution in [3.63, 3.8) is 0 Å². The largest absolute Gasteiger partial charge is 0.462 e. The Morgan fingerprint density at radius 2 is 2.00 bits per heavy atom. The van der Waals surface area contributed by atoms with Gasteiger partial charge in [0.1, 0.15) is 0 Å². The van der Waals surface area contributed by atoms with Gasteiger partial charge in [0.2, 0.25) is 5.92 Å². The lowest BCUT2D eigenvalue weighted by molar-refractivity contribution is -0.144. The van der Waals surface area contributed by atoms with E-state index in [1.807, 2.05) is 0 Å². The number of alkyl halides is 2. The number of carbonyl (C=O) groups is 1. The van der Waals surface area contributed by atoms with Gasteiger partial charge in [0.05, 0.1) is 11.9 Å². The molecule has 0 saturated carbocycles. The molecule has 0 N–H and O–H groups in total. The zero-order valence-corrected chi connectivity index (χ0v) is 11.6. The van der Waals surface area contributed by atoms with Crippen molar-refractivity contribution in [2.24, 2.45) is 0 Å². The summed E-state index contributed by atoms with van der Waals surface area (Å²) in [6.07, 6.45) is 0.685. The van der Waals surface area contributed by atoms with Crippen molar-refractivity contribution in [2.75, 3.05) is 11.5 Å². The maximum atomic E-state index is 13.1. The zero-order chi connectivity index (χ0) is 13.3. The van der Waals surface area contributed by atoms with E-state index < -0.39 is 5.92 Å². The first-order valence-electron chi connectivity index (χ1n) is 6.02. The van der Waals surface area contributed by atoms with Gasteiger partial charge in [0, 0.05) is 12.8 Å². The number of halogens is 2. The lowest BCUT2D eigenvalue weighted by Gasteiger charge is -2.14. The Bertz CT molecular complexity index is 221. The highest BCUT2D eigenvalue weighted by Crippen LogP contribution is 2.26. The minimum absolute atomic E-state index is 0.0486. The van der Waals surface area contributed by atoms with Crippen LogP contribution in [0.1, 0.15) is 46.5 Å². The van der Waals surface area contributed by atoms with Crippen LogP contribution in [0.3, 0.4) is 0 Å². The summed E-state index contributed by atoms with van der Waals surface area (Å²) in [6.45, 7) is 5.33. The summed E-state index contributed by atoms with van der Waals surface area (Å²) < 4.78 is 31.1. The molecule has 0 atom stereocenters. The topological polar surface area (TPSA) is 26.3 Å². The third kappa shape index (κ3) is 10.5. The summed E-state index contributed by atoms with van der Waals surface area (Å²) in [6, 6.07) is 0. The molecule has 0 unspecified atom stereocenters. The van der Waals surface area contributed by atoms with Crippen LogP contribution in [-0.2, 0) is 9.53 Å². The quantitative estimate of drug-likeness (QED) is 0.469. The van der Waals surface area contributed by atoms with E-state index in [0.717, 1.165) is 0 Å². The maximum absolute atomic E-state index is 13.1. The Morgan fingerprint density at radius 1 is 1.35 bits per heavy atom. The molecule has 0 spiro atoms. The Balaban J connectivity index is 3.49. The number of carbonyl (C=O) groups excluding carboxylic acids is 1. The van der Waals surface area contributed by atoms with E-state index in [9.17, 15) is 13.6 Å². The molecule has 0 amide bonds. The second-order valence-corrected chi connectivity index (χ2v) is 5.41. The molecular weight excluding hydrogens is 246 g/mol. The van der Waals surface area contributed by atoms with E-state index in [4.69, 9.17) is 4.74 Å². The first-order valence-corrected chi connectivity index (χ1v) is 7.18. The van der Waals surface area contributed by atoms with Gasteiger partial charge in [-0.1, -0.05) is 13.3 Å². The molecule has 0 rings (SSSR count). The predicted molar refractivity (Wildman–Crippen MR) is 67.6 cm³/mol. The molecule has 0 aliphatic rings. The Kier molecular flexibility index (Phi) is 8.56. The van der Waals surface area contributed by atoms with E-state index in [-0.39, 0.29) is 30.7 Å². The number of ether oxygens (including phenoxy) is 1. The van der Waals surface area contributed by atoms with Gasteiger partial charge in [0.25, 0.3) is 0 Å².